The van der Waals surface area contributed by atoms with E-state index in [0.717, 1.165) is 0 Å². The van der Waals surface area contributed by atoms with E-state index in [0.29, 0.717) is 5.92 Å². The summed E-state index contributed by atoms with van der Waals surface area (Å²) in [7, 11) is 0. The Balaban J connectivity index is 0.000000671. The van der Waals surface area contributed by atoms with Crippen LogP contribution in [0, 0.1) is 13.8 Å². The lowest BCUT2D eigenvalue weighted by Gasteiger charge is -2.10. The molecule has 0 aliphatic rings. The zero-order chi connectivity index (χ0) is 10.4. The average Bonchev–Trinajstić information content (AvgIpc) is 2.13. The molecule has 13 heavy (non-hydrogen) atoms. The molecule has 0 aromatic heterocycles. The van der Waals surface area contributed by atoms with Crippen molar-refractivity contribution in [2.24, 2.45) is 0 Å². The predicted molar refractivity (Wildman–Crippen MR) is 55.3 cm³/mol. The second kappa shape index (κ2) is 5.73. The first-order chi connectivity index (χ1) is 6.13. The molecule has 1 aromatic carbocycles. The highest BCUT2D eigenvalue weighted by molar-refractivity contribution is 5.34. The topological polar surface area (TPSA) is 40.5 Å². The molecule has 0 aliphatic carbocycles. The molecule has 0 bridgehead atoms. The summed E-state index contributed by atoms with van der Waals surface area (Å²) in [6, 6.07) is 6.52. The molecular weight excluding hydrogens is 164 g/mol. The maximum Gasteiger partial charge on any atom is -0.0216 e. The Morgan fingerprint density at radius 3 is 2.00 bits per heavy atom. The van der Waals surface area contributed by atoms with Crippen molar-refractivity contribution in [1.29, 1.82) is 0 Å². The van der Waals surface area contributed by atoms with Gasteiger partial charge in [-0.3, -0.25) is 10.5 Å². The van der Waals surface area contributed by atoms with Crippen LogP contribution in [0.5, 0.6) is 0 Å². The largest absolute Gasteiger partial charge is 0.255 e. The van der Waals surface area contributed by atoms with Crippen molar-refractivity contribution >= 4 is 0 Å². The number of benzene rings is 1. The van der Waals surface area contributed by atoms with Crippen LogP contribution in [-0.4, -0.2) is 10.5 Å². The van der Waals surface area contributed by atoms with Crippen LogP contribution in [0.3, 0.4) is 0 Å². The van der Waals surface area contributed by atoms with E-state index >= 15 is 0 Å². The average molecular weight is 182 g/mol. The maximum absolute atomic E-state index is 6.00. The monoisotopic (exact) mass is 182 g/mol. The molecule has 0 heterocycles. The molecule has 1 aromatic rings. The van der Waals surface area contributed by atoms with E-state index in [9.17, 15) is 0 Å². The first-order valence-electron chi connectivity index (χ1n) is 4.39. The SMILES string of the molecule is Cc1cccc(C(C)C)c1C.OO. The smallest absolute Gasteiger partial charge is 0.0216 e. The quantitative estimate of drug-likeness (QED) is 0.516. The Bertz CT molecular complexity index is 254. The normalized spacial score (nSPS) is 9.46. The van der Waals surface area contributed by atoms with Gasteiger partial charge in [0.15, 0.2) is 0 Å². The Labute approximate surface area is 79.8 Å². The summed E-state index contributed by atoms with van der Waals surface area (Å²) in [6.45, 7) is 8.84. The van der Waals surface area contributed by atoms with Crippen LogP contribution in [0.2, 0.25) is 0 Å². The lowest BCUT2D eigenvalue weighted by molar-refractivity contribution is -0.176. The molecule has 0 spiro atoms. The molecule has 0 unspecified atom stereocenters. The summed E-state index contributed by atoms with van der Waals surface area (Å²) < 4.78 is 0. The van der Waals surface area contributed by atoms with Crippen molar-refractivity contribution in [2.45, 2.75) is 33.6 Å². The summed E-state index contributed by atoms with van der Waals surface area (Å²) in [6.07, 6.45) is 0. The Morgan fingerprint density at radius 2 is 1.62 bits per heavy atom. The molecule has 0 atom stereocenters. The van der Waals surface area contributed by atoms with E-state index in [1.165, 1.54) is 16.7 Å². The van der Waals surface area contributed by atoms with Crippen molar-refractivity contribution in [3.8, 4) is 0 Å². The highest BCUT2D eigenvalue weighted by atomic mass is 17.0. The molecule has 0 radical (unpaired) electrons. The van der Waals surface area contributed by atoms with Gasteiger partial charge in [0.2, 0.25) is 0 Å². The Kier molecular flexibility index (Phi) is 5.35. The van der Waals surface area contributed by atoms with Gasteiger partial charge in [0, 0.05) is 0 Å². The lowest BCUT2D eigenvalue weighted by atomic mass is 9.95. The van der Waals surface area contributed by atoms with Crippen LogP contribution in [0.15, 0.2) is 18.2 Å². The summed E-state index contributed by atoms with van der Waals surface area (Å²) in [5, 5.41) is 12.0. The van der Waals surface area contributed by atoms with Gasteiger partial charge in [0.25, 0.3) is 0 Å². The minimum absolute atomic E-state index is 0.648. The highest BCUT2D eigenvalue weighted by Gasteiger charge is 2.03. The molecule has 0 aliphatic heterocycles. The summed E-state index contributed by atoms with van der Waals surface area (Å²) in [5.74, 6) is 0.648. The molecule has 1 rings (SSSR count). The van der Waals surface area contributed by atoms with Crippen LogP contribution >= 0.6 is 0 Å². The van der Waals surface area contributed by atoms with E-state index in [-0.39, 0.29) is 0 Å². The third-order valence-corrected chi connectivity index (χ3v) is 2.27. The molecule has 0 fully saturated rings. The fraction of sp³-hybridized carbons (Fsp3) is 0.455. The van der Waals surface area contributed by atoms with Crippen molar-refractivity contribution in [3.05, 3.63) is 34.9 Å². The van der Waals surface area contributed by atoms with Crippen LogP contribution in [0.25, 0.3) is 0 Å². The van der Waals surface area contributed by atoms with Crippen LogP contribution in [0.4, 0.5) is 0 Å². The van der Waals surface area contributed by atoms with Gasteiger partial charge in [-0.15, -0.1) is 0 Å². The molecule has 2 nitrogen and oxygen atoms in total. The predicted octanol–water partition coefficient (Wildman–Crippen LogP) is 3.44. The minimum atomic E-state index is 0.648. The first-order valence-corrected chi connectivity index (χ1v) is 4.39. The van der Waals surface area contributed by atoms with Gasteiger partial charge in [-0.05, 0) is 36.5 Å². The van der Waals surface area contributed by atoms with E-state index in [1.54, 1.807) is 0 Å². The molecule has 2 N–H and O–H groups in total. The number of hydrogen-bond acceptors (Lipinski definition) is 2. The van der Waals surface area contributed by atoms with E-state index in [2.05, 4.69) is 45.9 Å². The molecule has 0 amide bonds. The van der Waals surface area contributed by atoms with Crippen molar-refractivity contribution in [2.75, 3.05) is 0 Å². The summed E-state index contributed by atoms with van der Waals surface area (Å²) in [5.41, 5.74) is 4.32. The van der Waals surface area contributed by atoms with E-state index in [1.807, 2.05) is 0 Å². The van der Waals surface area contributed by atoms with Crippen molar-refractivity contribution in [3.63, 3.8) is 0 Å². The van der Waals surface area contributed by atoms with Gasteiger partial charge >= 0.3 is 0 Å². The zero-order valence-electron chi connectivity index (χ0n) is 8.70. The number of aryl methyl sites for hydroxylation is 1. The van der Waals surface area contributed by atoms with Crippen molar-refractivity contribution < 1.29 is 10.5 Å². The fourth-order valence-corrected chi connectivity index (χ4v) is 1.40. The second-order valence-corrected chi connectivity index (χ2v) is 3.44. The standard InChI is InChI=1S/C11H16.H2O2/c1-8(2)11-7-5-6-9(3)10(11)4;1-2/h5-8H,1-4H3;1-2H. The van der Waals surface area contributed by atoms with Gasteiger partial charge in [0.05, 0.1) is 0 Å². The third-order valence-electron chi connectivity index (χ3n) is 2.27. The maximum atomic E-state index is 6.00. The number of hydrogen-bond donors (Lipinski definition) is 2. The second-order valence-electron chi connectivity index (χ2n) is 3.44. The molecular formula is C11H18O2. The Morgan fingerprint density at radius 1 is 1.08 bits per heavy atom. The summed E-state index contributed by atoms with van der Waals surface area (Å²) >= 11 is 0. The summed E-state index contributed by atoms with van der Waals surface area (Å²) in [4.78, 5) is 0. The van der Waals surface area contributed by atoms with Crippen molar-refractivity contribution in [1.82, 2.24) is 0 Å². The van der Waals surface area contributed by atoms with Crippen LogP contribution < -0.4 is 0 Å². The fourth-order valence-electron chi connectivity index (χ4n) is 1.40. The van der Waals surface area contributed by atoms with Gasteiger partial charge in [-0.2, -0.15) is 0 Å². The molecule has 2 heteroatoms. The minimum Gasteiger partial charge on any atom is -0.255 e. The van der Waals surface area contributed by atoms with Gasteiger partial charge < -0.3 is 0 Å². The number of rotatable bonds is 1. The Hall–Kier alpha value is -0.860. The van der Waals surface area contributed by atoms with E-state index in [4.69, 9.17) is 10.5 Å². The highest BCUT2D eigenvalue weighted by Crippen LogP contribution is 2.20. The first kappa shape index (κ1) is 12.1. The van der Waals surface area contributed by atoms with Gasteiger partial charge in [-0.25, -0.2) is 0 Å². The lowest BCUT2D eigenvalue weighted by Crippen LogP contribution is -1.93. The molecule has 74 valence electrons. The van der Waals surface area contributed by atoms with E-state index < -0.39 is 0 Å². The van der Waals surface area contributed by atoms with Gasteiger partial charge in [0.1, 0.15) is 0 Å². The van der Waals surface area contributed by atoms with Gasteiger partial charge in [-0.1, -0.05) is 32.0 Å². The zero-order valence-corrected chi connectivity index (χ0v) is 8.70. The molecule has 0 saturated carbocycles. The van der Waals surface area contributed by atoms with Crippen LogP contribution in [-0.2, 0) is 0 Å². The third kappa shape index (κ3) is 3.17. The van der Waals surface area contributed by atoms with Crippen LogP contribution in [0.1, 0.15) is 36.5 Å². The molecule has 0 saturated heterocycles.